The van der Waals surface area contributed by atoms with Crippen LogP contribution < -0.4 is 4.72 Å². The summed E-state index contributed by atoms with van der Waals surface area (Å²) in [6.45, 7) is 2.79. The number of nitrogens with one attached hydrogen (secondary N) is 1. The number of thiazole rings is 1. The van der Waals surface area contributed by atoms with Gasteiger partial charge in [0.05, 0.1) is 11.7 Å². The molecule has 2 heterocycles. The van der Waals surface area contributed by atoms with Crippen LogP contribution in [0.4, 0.5) is 5.69 Å². The fourth-order valence-electron chi connectivity index (χ4n) is 2.43. The molecule has 1 aliphatic rings. The lowest BCUT2D eigenvalue weighted by Crippen LogP contribution is -2.34. The van der Waals surface area contributed by atoms with Gasteiger partial charge in [0.1, 0.15) is 0 Å². The monoisotopic (exact) mass is 337 g/mol. The first-order chi connectivity index (χ1) is 10.5. The number of carbonyl (C=O) groups is 1. The number of benzene rings is 1. The summed E-state index contributed by atoms with van der Waals surface area (Å²) in [6.07, 6.45) is 2.06. The highest BCUT2D eigenvalue weighted by atomic mass is 32.2. The molecule has 2 aromatic rings. The third-order valence-corrected chi connectivity index (χ3v) is 6.24. The summed E-state index contributed by atoms with van der Waals surface area (Å²) in [5.41, 5.74) is 4.14. The van der Waals surface area contributed by atoms with Crippen LogP contribution in [0.15, 0.2) is 34.1 Å². The van der Waals surface area contributed by atoms with E-state index in [1.54, 1.807) is 17.9 Å². The minimum atomic E-state index is -3.58. The normalized spacial score (nSPS) is 14.5. The van der Waals surface area contributed by atoms with Gasteiger partial charge in [-0.15, -0.1) is 11.3 Å². The maximum atomic E-state index is 12.2. The molecule has 1 aliphatic heterocycles. The minimum absolute atomic E-state index is 0.0561. The van der Waals surface area contributed by atoms with Gasteiger partial charge in [-0.1, -0.05) is 6.07 Å². The highest BCUT2D eigenvalue weighted by Crippen LogP contribution is 2.25. The lowest BCUT2D eigenvalue weighted by Gasteiger charge is -2.28. The number of carbonyl (C=O) groups excluding carboxylic acids is 1. The van der Waals surface area contributed by atoms with E-state index in [1.165, 1.54) is 11.7 Å². The first-order valence-electron chi connectivity index (χ1n) is 6.74. The molecule has 6 nitrogen and oxygen atoms in total. The molecule has 0 saturated heterocycles. The van der Waals surface area contributed by atoms with Crippen molar-refractivity contribution in [2.24, 2.45) is 0 Å². The zero-order chi connectivity index (χ0) is 15.7. The van der Waals surface area contributed by atoms with Crippen LogP contribution in [-0.2, 0) is 27.8 Å². The molecule has 0 atom stereocenters. The predicted molar refractivity (Wildman–Crippen MR) is 84.2 cm³/mol. The maximum absolute atomic E-state index is 12.2. The Balaban J connectivity index is 1.82. The Morgan fingerprint density at radius 2 is 2.18 bits per heavy atom. The summed E-state index contributed by atoms with van der Waals surface area (Å²) in [5.74, 6) is 0.0561. The number of nitrogens with zero attached hydrogens (tertiary/aromatic N) is 2. The highest BCUT2D eigenvalue weighted by Gasteiger charge is 2.20. The lowest BCUT2D eigenvalue weighted by atomic mass is 9.99. The minimum Gasteiger partial charge on any atom is -0.338 e. The topological polar surface area (TPSA) is 79.4 Å². The number of rotatable bonds is 3. The Hall–Kier alpha value is -1.93. The molecule has 8 heteroatoms. The second-order valence-corrected chi connectivity index (χ2v) is 7.90. The standard InChI is InChI=1S/C14H15N3O3S2/c1-10(18)17-5-4-11-6-13(3-2-12(11)8-17)16-22(19,20)14-7-15-9-21-14/h2-3,6-7,9,16H,4-5,8H2,1H3. The molecule has 0 saturated carbocycles. The molecule has 3 rings (SSSR count). The van der Waals surface area contributed by atoms with E-state index in [1.807, 2.05) is 12.1 Å². The van der Waals surface area contributed by atoms with Gasteiger partial charge in [-0.25, -0.2) is 8.42 Å². The van der Waals surface area contributed by atoms with Crippen LogP contribution in [0.25, 0.3) is 0 Å². The number of amides is 1. The van der Waals surface area contributed by atoms with Crippen molar-refractivity contribution < 1.29 is 13.2 Å². The molecular weight excluding hydrogens is 322 g/mol. The third-order valence-electron chi connectivity index (χ3n) is 3.59. The van der Waals surface area contributed by atoms with E-state index in [0.29, 0.717) is 18.8 Å². The number of hydrogen-bond donors (Lipinski definition) is 1. The van der Waals surface area contributed by atoms with Gasteiger partial charge in [0.2, 0.25) is 5.91 Å². The molecule has 116 valence electrons. The molecule has 1 N–H and O–H groups in total. The van der Waals surface area contributed by atoms with Gasteiger partial charge in [-0.2, -0.15) is 0 Å². The van der Waals surface area contributed by atoms with Crippen molar-refractivity contribution in [3.63, 3.8) is 0 Å². The van der Waals surface area contributed by atoms with E-state index in [4.69, 9.17) is 0 Å². The van der Waals surface area contributed by atoms with E-state index < -0.39 is 10.0 Å². The van der Waals surface area contributed by atoms with Crippen LogP contribution in [-0.4, -0.2) is 30.8 Å². The SMILES string of the molecule is CC(=O)N1CCc2cc(NS(=O)(=O)c3cncs3)ccc2C1. The molecule has 0 aliphatic carbocycles. The van der Waals surface area contributed by atoms with Crippen LogP contribution in [0.2, 0.25) is 0 Å². The summed E-state index contributed by atoms with van der Waals surface area (Å²) < 4.78 is 27.1. The van der Waals surface area contributed by atoms with Crippen molar-refractivity contribution >= 4 is 33.0 Å². The summed E-state index contributed by atoms with van der Waals surface area (Å²) in [5, 5.41) is 0. The number of hydrogen-bond acceptors (Lipinski definition) is 5. The van der Waals surface area contributed by atoms with Crippen LogP contribution in [0.5, 0.6) is 0 Å². The molecule has 0 fully saturated rings. The fourth-order valence-corrected chi connectivity index (χ4v) is 4.27. The van der Waals surface area contributed by atoms with Crippen LogP contribution in [0.3, 0.4) is 0 Å². The van der Waals surface area contributed by atoms with E-state index in [2.05, 4.69) is 9.71 Å². The lowest BCUT2D eigenvalue weighted by molar-refractivity contribution is -0.129. The van der Waals surface area contributed by atoms with E-state index in [0.717, 1.165) is 28.9 Å². The number of sulfonamides is 1. The largest absolute Gasteiger partial charge is 0.338 e. The smallest absolute Gasteiger partial charge is 0.273 e. The number of aromatic nitrogens is 1. The molecule has 0 bridgehead atoms. The molecule has 0 radical (unpaired) electrons. The second kappa shape index (κ2) is 5.69. The van der Waals surface area contributed by atoms with Crippen molar-refractivity contribution in [3.8, 4) is 0 Å². The van der Waals surface area contributed by atoms with E-state index in [-0.39, 0.29) is 10.1 Å². The highest BCUT2D eigenvalue weighted by molar-refractivity contribution is 7.94. The fraction of sp³-hybridized carbons (Fsp3) is 0.286. The molecule has 1 amide bonds. The average molecular weight is 337 g/mol. The van der Waals surface area contributed by atoms with Gasteiger partial charge in [-0.3, -0.25) is 14.5 Å². The number of fused-ring (bicyclic) bond motifs is 1. The third kappa shape index (κ3) is 2.97. The Kier molecular flexibility index (Phi) is 3.88. The summed E-state index contributed by atoms with van der Waals surface area (Å²) >= 11 is 1.08. The van der Waals surface area contributed by atoms with E-state index in [9.17, 15) is 13.2 Å². The van der Waals surface area contributed by atoms with Crippen molar-refractivity contribution in [3.05, 3.63) is 41.0 Å². The summed E-state index contributed by atoms with van der Waals surface area (Å²) in [6, 6.07) is 5.43. The zero-order valence-electron chi connectivity index (χ0n) is 11.9. The van der Waals surface area contributed by atoms with Gasteiger partial charge in [0.15, 0.2) is 4.21 Å². The van der Waals surface area contributed by atoms with Crippen LogP contribution >= 0.6 is 11.3 Å². The van der Waals surface area contributed by atoms with Gasteiger partial charge >= 0.3 is 0 Å². The van der Waals surface area contributed by atoms with Crippen LogP contribution in [0.1, 0.15) is 18.1 Å². The second-order valence-electron chi connectivity index (χ2n) is 5.10. The first-order valence-corrected chi connectivity index (χ1v) is 9.10. The molecule has 1 aromatic carbocycles. The summed E-state index contributed by atoms with van der Waals surface area (Å²) in [4.78, 5) is 17.0. The quantitative estimate of drug-likeness (QED) is 0.927. The number of anilines is 1. The molecule has 0 spiro atoms. The molecule has 1 aromatic heterocycles. The Morgan fingerprint density at radius 3 is 2.86 bits per heavy atom. The van der Waals surface area contributed by atoms with Crippen molar-refractivity contribution in [1.29, 1.82) is 0 Å². The zero-order valence-corrected chi connectivity index (χ0v) is 13.6. The van der Waals surface area contributed by atoms with Crippen molar-refractivity contribution in [1.82, 2.24) is 9.88 Å². The van der Waals surface area contributed by atoms with Crippen molar-refractivity contribution in [2.75, 3.05) is 11.3 Å². The Bertz CT molecular complexity index is 801. The van der Waals surface area contributed by atoms with Gasteiger partial charge < -0.3 is 4.90 Å². The molecule has 0 unspecified atom stereocenters. The average Bonchev–Trinajstić information content (AvgIpc) is 3.01. The van der Waals surface area contributed by atoms with Crippen LogP contribution in [0, 0.1) is 0 Å². The molecular formula is C14H15N3O3S2. The summed E-state index contributed by atoms with van der Waals surface area (Å²) in [7, 11) is -3.58. The van der Waals surface area contributed by atoms with Gasteiger partial charge in [-0.05, 0) is 29.7 Å². The van der Waals surface area contributed by atoms with E-state index >= 15 is 0 Å². The molecule has 22 heavy (non-hydrogen) atoms. The Labute approximate surface area is 132 Å². The predicted octanol–water partition coefficient (Wildman–Crippen LogP) is 1.85. The Morgan fingerprint density at radius 1 is 1.36 bits per heavy atom. The van der Waals surface area contributed by atoms with Crippen molar-refractivity contribution in [2.45, 2.75) is 24.1 Å². The van der Waals surface area contributed by atoms with Gasteiger partial charge in [0.25, 0.3) is 10.0 Å². The van der Waals surface area contributed by atoms with Gasteiger partial charge in [0, 0.05) is 25.7 Å². The first kappa shape index (κ1) is 15.0. The maximum Gasteiger partial charge on any atom is 0.273 e.